The first-order valence-corrected chi connectivity index (χ1v) is 6.76. The van der Waals surface area contributed by atoms with Gasteiger partial charge in [0, 0.05) is 5.92 Å². The SMILES string of the molecule is O=C(c1ccc(Cl)s1)C1CCCCCC1. The third-order valence-electron chi connectivity index (χ3n) is 3.04. The molecule has 1 saturated carbocycles. The molecule has 1 aliphatic carbocycles. The van der Waals surface area contributed by atoms with Crippen LogP contribution in [-0.2, 0) is 0 Å². The standard InChI is InChI=1S/C12H15ClOS/c13-11-8-7-10(15-11)12(14)9-5-3-1-2-4-6-9/h7-9H,1-6H2. The highest BCUT2D eigenvalue weighted by Gasteiger charge is 2.22. The van der Waals surface area contributed by atoms with Crippen LogP contribution in [-0.4, -0.2) is 5.78 Å². The molecule has 0 N–H and O–H groups in total. The van der Waals surface area contributed by atoms with Gasteiger partial charge in [-0.1, -0.05) is 37.3 Å². The van der Waals surface area contributed by atoms with Crippen LogP contribution < -0.4 is 0 Å². The second-order valence-corrected chi connectivity index (χ2v) is 5.87. The van der Waals surface area contributed by atoms with Crippen LogP contribution in [0.1, 0.15) is 48.2 Å². The van der Waals surface area contributed by atoms with Crippen LogP contribution in [0.3, 0.4) is 0 Å². The van der Waals surface area contributed by atoms with Gasteiger partial charge in [-0.3, -0.25) is 4.79 Å². The van der Waals surface area contributed by atoms with Gasteiger partial charge in [0.05, 0.1) is 9.21 Å². The van der Waals surface area contributed by atoms with E-state index in [2.05, 4.69) is 0 Å². The molecular formula is C12H15ClOS. The van der Waals surface area contributed by atoms with Crippen LogP contribution in [0.15, 0.2) is 12.1 Å². The van der Waals surface area contributed by atoms with Crippen LogP contribution in [0.4, 0.5) is 0 Å². The third kappa shape index (κ3) is 2.82. The van der Waals surface area contributed by atoms with E-state index in [4.69, 9.17) is 11.6 Å². The van der Waals surface area contributed by atoms with Crippen molar-refractivity contribution in [3.63, 3.8) is 0 Å². The minimum atomic E-state index is 0.252. The van der Waals surface area contributed by atoms with Crippen LogP contribution in [0.5, 0.6) is 0 Å². The van der Waals surface area contributed by atoms with E-state index in [0.29, 0.717) is 10.1 Å². The van der Waals surface area contributed by atoms with Crippen LogP contribution in [0, 0.1) is 5.92 Å². The monoisotopic (exact) mass is 242 g/mol. The molecule has 15 heavy (non-hydrogen) atoms. The molecule has 82 valence electrons. The fourth-order valence-electron chi connectivity index (χ4n) is 2.19. The summed E-state index contributed by atoms with van der Waals surface area (Å²) in [6.07, 6.45) is 7.11. The van der Waals surface area contributed by atoms with Gasteiger partial charge in [-0.2, -0.15) is 0 Å². The molecule has 0 spiro atoms. The molecule has 1 fully saturated rings. The second-order valence-electron chi connectivity index (χ2n) is 4.16. The van der Waals surface area contributed by atoms with E-state index in [9.17, 15) is 4.79 Å². The summed E-state index contributed by atoms with van der Waals surface area (Å²) in [4.78, 5) is 13.0. The summed E-state index contributed by atoms with van der Waals surface area (Å²) < 4.78 is 0.715. The Labute approximate surface area is 99.5 Å². The maximum atomic E-state index is 12.1. The molecule has 0 amide bonds. The number of Topliss-reactive ketones (excluding diaryl/α,β-unsaturated/α-hetero) is 1. The summed E-state index contributed by atoms with van der Waals surface area (Å²) in [7, 11) is 0. The molecule has 2 rings (SSSR count). The highest BCUT2D eigenvalue weighted by Crippen LogP contribution is 2.30. The highest BCUT2D eigenvalue weighted by molar-refractivity contribution is 7.18. The molecule has 0 aliphatic heterocycles. The fraction of sp³-hybridized carbons (Fsp3) is 0.583. The molecule has 1 nitrogen and oxygen atoms in total. The van der Waals surface area contributed by atoms with Crippen molar-refractivity contribution in [2.75, 3.05) is 0 Å². The molecule has 1 aliphatic rings. The molecule has 0 radical (unpaired) electrons. The molecule has 0 saturated heterocycles. The largest absolute Gasteiger partial charge is 0.293 e. The molecule has 0 unspecified atom stereocenters. The predicted molar refractivity (Wildman–Crippen MR) is 64.9 cm³/mol. The van der Waals surface area contributed by atoms with Gasteiger partial charge in [-0.15, -0.1) is 11.3 Å². The molecule has 1 aromatic rings. The Morgan fingerprint density at radius 2 is 1.87 bits per heavy atom. The minimum absolute atomic E-state index is 0.252. The van der Waals surface area contributed by atoms with Crippen LogP contribution >= 0.6 is 22.9 Å². The Bertz CT molecular complexity index is 337. The van der Waals surface area contributed by atoms with Gasteiger partial charge < -0.3 is 0 Å². The molecule has 1 heterocycles. The number of carbonyl (C=O) groups excluding carboxylic acids is 1. The molecule has 0 bridgehead atoms. The molecule has 0 aromatic carbocycles. The summed E-state index contributed by atoms with van der Waals surface area (Å²) in [5.74, 6) is 0.566. The first kappa shape index (κ1) is 11.2. The average molecular weight is 243 g/mol. The molecular weight excluding hydrogens is 228 g/mol. The van der Waals surface area contributed by atoms with Crippen LogP contribution in [0.2, 0.25) is 4.34 Å². The smallest absolute Gasteiger partial charge is 0.175 e. The van der Waals surface area contributed by atoms with E-state index in [1.165, 1.54) is 37.0 Å². The van der Waals surface area contributed by atoms with Crippen molar-refractivity contribution in [2.24, 2.45) is 5.92 Å². The lowest BCUT2D eigenvalue weighted by molar-refractivity contribution is 0.0912. The van der Waals surface area contributed by atoms with Crippen molar-refractivity contribution in [3.05, 3.63) is 21.3 Å². The topological polar surface area (TPSA) is 17.1 Å². The van der Waals surface area contributed by atoms with Gasteiger partial charge in [0.2, 0.25) is 0 Å². The van der Waals surface area contributed by atoms with Crippen molar-refractivity contribution < 1.29 is 4.79 Å². The molecule has 1 aromatic heterocycles. The number of halogens is 1. The fourth-order valence-corrected chi connectivity index (χ4v) is 3.25. The summed E-state index contributed by atoms with van der Waals surface area (Å²) in [5, 5.41) is 0. The zero-order valence-electron chi connectivity index (χ0n) is 8.67. The maximum absolute atomic E-state index is 12.1. The average Bonchev–Trinajstić information content (AvgIpc) is 2.53. The Morgan fingerprint density at radius 3 is 2.40 bits per heavy atom. The van der Waals surface area contributed by atoms with Gasteiger partial charge in [0.15, 0.2) is 5.78 Å². The van der Waals surface area contributed by atoms with Crippen molar-refractivity contribution in [1.29, 1.82) is 0 Å². The molecule has 3 heteroatoms. The number of hydrogen-bond donors (Lipinski definition) is 0. The maximum Gasteiger partial charge on any atom is 0.175 e. The summed E-state index contributed by atoms with van der Waals surface area (Å²) in [6, 6.07) is 3.68. The van der Waals surface area contributed by atoms with E-state index < -0.39 is 0 Å². The van der Waals surface area contributed by atoms with E-state index in [0.717, 1.165) is 17.7 Å². The van der Waals surface area contributed by atoms with Gasteiger partial charge in [0.1, 0.15) is 0 Å². The lowest BCUT2D eigenvalue weighted by Gasteiger charge is -2.10. The Balaban J connectivity index is 2.06. The van der Waals surface area contributed by atoms with E-state index in [-0.39, 0.29) is 5.92 Å². The van der Waals surface area contributed by atoms with Crippen LogP contribution in [0.25, 0.3) is 0 Å². The third-order valence-corrected chi connectivity index (χ3v) is 4.29. The van der Waals surface area contributed by atoms with Gasteiger partial charge >= 0.3 is 0 Å². The lowest BCUT2D eigenvalue weighted by atomic mass is 9.95. The first-order chi connectivity index (χ1) is 7.27. The van der Waals surface area contributed by atoms with Crippen molar-refractivity contribution in [3.8, 4) is 0 Å². The number of carbonyl (C=O) groups is 1. The normalized spacial score (nSPS) is 18.7. The summed E-state index contributed by atoms with van der Waals surface area (Å²) in [5.41, 5.74) is 0. The van der Waals surface area contributed by atoms with Gasteiger partial charge in [-0.25, -0.2) is 0 Å². The quantitative estimate of drug-likeness (QED) is 0.549. The Kier molecular flexibility index (Phi) is 3.81. The number of ketones is 1. The molecule has 0 atom stereocenters. The minimum Gasteiger partial charge on any atom is -0.293 e. The van der Waals surface area contributed by atoms with Crippen molar-refractivity contribution >= 4 is 28.7 Å². The highest BCUT2D eigenvalue weighted by atomic mass is 35.5. The van der Waals surface area contributed by atoms with E-state index >= 15 is 0 Å². The summed E-state index contributed by atoms with van der Waals surface area (Å²) in [6.45, 7) is 0. The van der Waals surface area contributed by atoms with Gasteiger partial charge in [-0.05, 0) is 25.0 Å². The predicted octanol–water partition coefficient (Wildman–Crippen LogP) is 4.55. The van der Waals surface area contributed by atoms with Crippen molar-refractivity contribution in [2.45, 2.75) is 38.5 Å². The summed E-state index contributed by atoms with van der Waals surface area (Å²) >= 11 is 7.25. The number of rotatable bonds is 2. The van der Waals surface area contributed by atoms with Crippen molar-refractivity contribution in [1.82, 2.24) is 0 Å². The van der Waals surface area contributed by atoms with E-state index in [1.807, 2.05) is 12.1 Å². The van der Waals surface area contributed by atoms with E-state index in [1.54, 1.807) is 0 Å². The lowest BCUT2D eigenvalue weighted by Crippen LogP contribution is -2.12. The number of thiophene rings is 1. The zero-order chi connectivity index (χ0) is 10.7. The second kappa shape index (κ2) is 5.13. The Morgan fingerprint density at radius 1 is 1.20 bits per heavy atom. The zero-order valence-corrected chi connectivity index (χ0v) is 10.2. The number of hydrogen-bond acceptors (Lipinski definition) is 2. The first-order valence-electron chi connectivity index (χ1n) is 5.57. The Hall–Kier alpha value is -0.340. The van der Waals surface area contributed by atoms with Gasteiger partial charge in [0.25, 0.3) is 0 Å².